The van der Waals surface area contributed by atoms with E-state index in [2.05, 4.69) is 15.3 Å². The molecule has 3 heterocycles. The summed E-state index contributed by atoms with van der Waals surface area (Å²) in [5.41, 5.74) is 0.977. The smallest absolute Gasteiger partial charge is 0.273 e. The lowest BCUT2D eigenvalue weighted by molar-refractivity contribution is 0.0730. The summed E-state index contributed by atoms with van der Waals surface area (Å²) >= 11 is 0. The molecule has 2 aromatic rings. The summed E-state index contributed by atoms with van der Waals surface area (Å²) in [6, 6.07) is 4.93. The normalized spacial score (nSPS) is 16.0. The summed E-state index contributed by atoms with van der Waals surface area (Å²) < 4.78 is 31.6. The van der Waals surface area contributed by atoms with E-state index in [1.807, 2.05) is 13.0 Å². The molecule has 1 aliphatic heterocycles. The Kier molecular flexibility index (Phi) is 4.65. The van der Waals surface area contributed by atoms with Gasteiger partial charge in [0.05, 0.1) is 13.2 Å². The van der Waals surface area contributed by atoms with Crippen molar-refractivity contribution in [3.05, 3.63) is 41.9 Å². The SMILES string of the molecule is Cc1cccnc1NC(=O)c1cc(S(=O)(=O)N2CCOCC2)c[nH]1. The molecule has 0 aliphatic carbocycles. The van der Waals surface area contributed by atoms with Crippen LogP contribution in [-0.2, 0) is 14.8 Å². The Balaban J connectivity index is 1.77. The second-order valence-corrected chi connectivity index (χ2v) is 7.33. The van der Waals surface area contributed by atoms with Gasteiger partial charge in [-0.3, -0.25) is 4.79 Å². The molecule has 1 saturated heterocycles. The number of ether oxygens (including phenoxy) is 1. The zero-order chi connectivity index (χ0) is 17.2. The second-order valence-electron chi connectivity index (χ2n) is 5.39. The fourth-order valence-electron chi connectivity index (χ4n) is 2.38. The van der Waals surface area contributed by atoms with Crippen LogP contribution in [0.4, 0.5) is 5.82 Å². The number of hydrogen-bond acceptors (Lipinski definition) is 5. The Morgan fingerprint density at radius 1 is 1.38 bits per heavy atom. The third kappa shape index (κ3) is 3.32. The highest BCUT2D eigenvalue weighted by Crippen LogP contribution is 2.19. The molecule has 3 rings (SSSR count). The average Bonchev–Trinajstić information content (AvgIpc) is 3.09. The van der Waals surface area contributed by atoms with Crippen molar-refractivity contribution in [3.8, 4) is 0 Å². The van der Waals surface area contributed by atoms with Gasteiger partial charge in [0.15, 0.2) is 0 Å². The molecular formula is C15H18N4O4S. The van der Waals surface area contributed by atoms with Gasteiger partial charge in [0.25, 0.3) is 5.91 Å². The number of aromatic nitrogens is 2. The van der Waals surface area contributed by atoms with Crippen molar-refractivity contribution in [1.82, 2.24) is 14.3 Å². The van der Waals surface area contributed by atoms with Crippen molar-refractivity contribution in [1.29, 1.82) is 0 Å². The van der Waals surface area contributed by atoms with E-state index < -0.39 is 15.9 Å². The van der Waals surface area contributed by atoms with E-state index in [0.717, 1.165) is 5.56 Å². The van der Waals surface area contributed by atoms with Crippen LogP contribution in [0.5, 0.6) is 0 Å². The van der Waals surface area contributed by atoms with Crippen LogP contribution < -0.4 is 5.32 Å². The van der Waals surface area contributed by atoms with E-state index in [-0.39, 0.29) is 10.6 Å². The summed E-state index contributed by atoms with van der Waals surface area (Å²) in [6.07, 6.45) is 2.90. The lowest BCUT2D eigenvalue weighted by atomic mass is 10.3. The molecule has 0 spiro atoms. The lowest BCUT2D eigenvalue weighted by Gasteiger charge is -2.25. The van der Waals surface area contributed by atoms with Gasteiger partial charge in [-0.1, -0.05) is 6.07 Å². The van der Waals surface area contributed by atoms with Crippen LogP contribution in [0.25, 0.3) is 0 Å². The molecule has 2 aromatic heterocycles. The summed E-state index contributed by atoms with van der Waals surface area (Å²) in [4.78, 5) is 19.1. The van der Waals surface area contributed by atoms with Crippen LogP contribution in [0.2, 0.25) is 0 Å². The number of hydrogen-bond donors (Lipinski definition) is 2. The van der Waals surface area contributed by atoms with Crippen LogP contribution in [0.15, 0.2) is 35.5 Å². The Hall–Kier alpha value is -2.23. The van der Waals surface area contributed by atoms with Crippen molar-refractivity contribution in [2.45, 2.75) is 11.8 Å². The molecule has 9 heteroatoms. The van der Waals surface area contributed by atoms with Crippen molar-refractivity contribution < 1.29 is 17.9 Å². The average molecular weight is 350 g/mol. The molecule has 1 aliphatic rings. The van der Waals surface area contributed by atoms with Crippen molar-refractivity contribution in [2.75, 3.05) is 31.6 Å². The molecule has 0 radical (unpaired) electrons. The highest BCUT2D eigenvalue weighted by molar-refractivity contribution is 7.89. The standard InChI is InChI=1S/C15H18N4O4S/c1-11-3-2-4-16-14(11)18-15(20)13-9-12(10-17-13)24(21,22)19-5-7-23-8-6-19/h2-4,9-10,17H,5-8H2,1H3,(H,16,18,20). The van der Waals surface area contributed by atoms with Crippen LogP contribution in [-0.4, -0.2) is 54.9 Å². The molecular weight excluding hydrogens is 332 g/mol. The van der Waals surface area contributed by atoms with Crippen LogP contribution >= 0.6 is 0 Å². The molecule has 0 unspecified atom stereocenters. The van der Waals surface area contributed by atoms with E-state index in [1.54, 1.807) is 12.3 Å². The molecule has 2 N–H and O–H groups in total. The Labute approximate surface area is 139 Å². The Morgan fingerprint density at radius 3 is 2.83 bits per heavy atom. The third-order valence-corrected chi connectivity index (χ3v) is 5.63. The van der Waals surface area contributed by atoms with Crippen LogP contribution in [0, 0.1) is 6.92 Å². The highest BCUT2D eigenvalue weighted by Gasteiger charge is 2.28. The highest BCUT2D eigenvalue weighted by atomic mass is 32.2. The number of anilines is 1. The quantitative estimate of drug-likeness (QED) is 0.856. The van der Waals surface area contributed by atoms with Gasteiger partial charge < -0.3 is 15.0 Å². The minimum atomic E-state index is -3.63. The van der Waals surface area contributed by atoms with E-state index in [9.17, 15) is 13.2 Å². The number of carbonyl (C=O) groups excluding carboxylic acids is 1. The lowest BCUT2D eigenvalue weighted by Crippen LogP contribution is -2.40. The number of morpholine rings is 1. The number of H-pyrrole nitrogens is 1. The first-order chi connectivity index (χ1) is 11.5. The van der Waals surface area contributed by atoms with Gasteiger partial charge in [-0.15, -0.1) is 0 Å². The molecule has 0 aromatic carbocycles. The molecule has 8 nitrogen and oxygen atoms in total. The zero-order valence-corrected chi connectivity index (χ0v) is 14.0. The van der Waals surface area contributed by atoms with Crippen molar-refractivity contribution >= 4 is 21.7 Å². The first kappa shape index (κ1) is 16.6. The summed E-state index contributed by atoms with van der Waals surface area (Å²) in [5, 5.41) is 2.66. The number of nitrogens with one attached hydrogen (secondary N) is 2. The van der Waals surface area contributed by atoms with Gasteiger partial charge in [-0.25, -0.2) is 13.4 Å². The van der Waals surface area contributed by atoms with Crippen molar-refractivity contribution in [3.63, 3.8) is 0 Å². The van der Waals surface area contributed by atoms with E-state index in [0.29, 0.717) is 32.1 Å². The predicted molar refractivity (Wildman–Crippen MR) is 87.3 cm³/mol. The van der Waals surface area contributed by atoms with Gasteiger partial charge in [0, 0.05) is 25.5 Å². The number of aryl methyl sites for hydroxylation is 1. The van der Waals surface area contributed by atoms with E-state index >= 15 is 0 Å². The fraction of sp³-hybridized carbons (Fsp3) is 0.333. The zero-order valence-electron chi connectivity index (χ0n) is 13.2. The summed E-state index contributed by atoms with van der Waals surface area (Å²) in [5.74, 6) is -0.00471. The Bertz CT molecular complexity index is 841. The predicted octanol–water partition coefficient (Wildman–Crippen LogP) is 0.991. The first-order valence-electron chi connectivity index (χ1n) is 7.48. The number of aromatic amines is 1. The van der Waals surface area contributed by atoms with Crippen LogP contribution in [0.3, 0.4) is 0 Å². The summed E-state index contributed by atoms with van der Waals surface area (Å²) in [6.45, 7) is 3.18. The summed E-state index contributed by atoms with van der Waals surface area (Å²) in [7, 11) is -3.63. The minimum absolute atomic E-state index is 0.0623. The molecule has 0 bridgehead atoms. The van der Waals surface area contributed by atoms with Gasteiger partial charge in [0.1, 0.15) is 16.4 Å². The molecule has 0 saturated carbocycles. The number of pyridine rings is 1. The maximum Gasteiger partial charge on any atom is 0.273 e. The van der Waals surface area contributed by atoms with E-state index in [1.165, 1.54) is 16.6 Å². The molecule has 24 heavy (non-hydrogen) atoms. The molecule has 1 fully saturated rings. The largest absolute Gasteiger partial charge is 0.379 e. The first-order valence-corrected chi connectivity index (χ1v) is 8.92. The maximum absolute atomic E-state index is 12.5. The second kappa shape index (κ2) is 6.71. The van der Waals surface area contributed by atoms with Gasteiger partial charge in [-0.05, 0) is 24.6 Å². The van der Waals surface area contributed by atoms with E-state index in [4.69, 9.17) is 4.74 Å². The van der Waals surface area contributed by atoms with Crippen molar-refractivity contribution in [2.24, 2.45) is 0 Å². The minimum Gasteiger partial charge on any atom is -0.379 e. The number of nitrogens with zero attached hydrogens (tertiary/aromatic N) is 2. The third-order valence-electron chi connectivity index (χ3n) is 3.75. The molecule has 128 valence electrons. The fourth-order valence-corrected chi connectivity index (χ4v) is 3.78. The van der Waals surface area contributed by atoms with Gasteiger partial charge in [-0.2, -0.15) is 4.31 Å². The number of rotatable bonds is 4. The topological polar surface area (TPSA) is 104 Å². The maximum atomic E-state index is 12.5. The number of amides is 1. The molecule has 1 amide bonds. The van der Waals surface area contributed by atoms with Gasteiger partial charge in [0.2, 0.25) is 10.0 Å². The van der Waals surface area contributed by atoms with Gasteiger partial charge >= 0.3 is 0 Å². The number of carbonyl (C=O) groups is 1. The monoisotopic (exact) mass is 350 g/mol. The Morgan fingerprint density at radius 2 is 2.12 bits per heavy atom. The number of sulfonamides is 1. The van der Waals surface area contributed by atoms with Crippen LogP contribution in [0.1, 0.15) is 16.1 Å². The molecule has 0 atom stereocenters.